The van der Waals surface area contributed by atoms with E-state index in [1.807, 2.05) is 0 Å². The molecule has 0 N–H and O–H groups in total. The first-order valence-corrected chi connectivity index (χ1v) is 7.70. The summed E-state index contributed by atoms with van der Waals surface area (Å²) in [5.41, 5.74) is 0.584. The van der Waals surface area contributed by atoms with Crippen LogP contribution in [-0.4, -0.2) is 15.1 Å². The van der Waals surface area contributed by atoms with Gasteiger partial charge in [-0.15, -0.1) is 0 Å². The van der Waals surface area contributed by atoms with E-state index in [4.69, 9.17) is 23.2 Å². The molecule has 0 radical (unpaired) electrons. The lowest BCUT2D eigenvalue weighted by atomic mass is 10.2. The van der Waals surface area contributed by atoms with Gasteiger partial charge in [-0.2, -0.15) is 4.39 Å². The van der Waals surface area contributed by atoms with E-state index in [-0.39, 0.29) is 17.3 Å². The zero-order valence-corrected chi connectivity index (χ0v) is 13.4. The highest BCUT2D eigenvalue weighted by molar-refractivity contribution is 8.17. The molecule has 0 saturated heterocycles. The van der Waals surface area contributed by atoms with E-state index < -0.39 is 15.1 Å². The smallest absolute Gasteiger partial charge is 0.268 e. The molecular weight excluding hydrogens is 348 g/mol. The maximum absolute atomic E-state index is 13.3. The third kappa shape index (κ3) is 4.47. The zero-order chi connectivity index (χ0) is 16.2. The predicted molar refractivity (Wildman–Crippen MR) is 88.2 cm³/mol. The maximum Gasteiger partial charge on any atom is 0.313 e. The van der Waals surface area contributed by atoms with Crippen LogP contribution in [0.4, 0.5) is 14.9 Å². The number of carbonyl (C=O) groups excluding carboxylic acids is 2. The summed E-state index contributed by atoms with van der Waals surface area (Å²) in [6, 6.07) is 16.3. The lowest BCUT2D eigenvalue weighted by Crippen LogP contribution is -2.35. The van der Waals surface area contributed by atoms with Crippen LogP contribution in [0, 0.1) is 0 Å². The summed E-state index contributed by atoms with van der Waals surface area (Å²) in [5.74, 6) is -0.595. The molecule has 2 rings (SSSR count). The standard InChI is InChI=1S/C15H10Cl2FNO2S/c16-15(17,18)22-14(21)19(12-9-5-2-6-10-12)13(20)11-7-3-1-4-8-11/h1-10H. The minimum atomic E-state index is -2.82. The molecule has 7 heteroatoms. The first-order chi connectivity index (χ1) is 10.4. The van der Waals surface area contributed by atoms with Gasteiger partial charge in [0.1, 0.15) is 0 Å². The molecule has 0 spiro atoms. The minimum absolute atomic E-state index is 0.0131. The third-order valence-corrected chi connectivity index (χ3v) is 3.68. The van der Waals surface area contributed by atoms with Crippen molar-refractivity contribution in [1.82, 2.24) is 0 Å². The quantitative estimate of drug-likeness (QED) is 0.704. The molecule has 22 heavy (non-hydrogen) atoms. The Kier molecular flexibility index (Phi) is 5.45. The van der Waals surface area contributed by atoms with Crippen LogP contribution < -0.4 is 4.90 Å². The van der Waals surface area contributed by atoms with E-state index >= 15 is 0 Å². The Balaban J connectivity index is 2.38. The second-order valence-electron chi connectivity index (χ2n) is 4.16. The van der Waals surface area contributed by atoms with Crippen LogP contribution in [-0.2, 0) is 0 Å². The first kappa shape index (κ1) is 16.8. The lowest BCUT2D eigenvalue weighted by Gasteiger charge is -2.21. The molecular formula is C15H10Cl2FNO2S. The van der Waals surface area contributed by atoms with Gasteiger partial charge in [0.25, 0.3) is 11.1 Å². The number of anilines is 1. The highest BCUT2D eigenvalue weighted by Gasteiger charge is 2.34. The number of para-hydroxylation sites is 1. The van der Waals surface area contributed by atoms with Crippen LogP contribution >= 0.6 is 35.0 Å². The van der Waals surface area contributed by atoms with E-state index in [0.29, 0.717) is 5.69 Å². The average Bonchev–Trinajstić information content (AvgIpc) is 2.47. The van der Waals surface area contributed by atoms with Gasteiger partial charge in [-0.3, -0.25) is 9.59 Å². The number of hydrogen-bond acceptors (Lipinski definition) is 3. The first-order valence-electron chi connectivity index (χ1n) is 6.13. The van der Waals surface area contributed by atoms with Gasteiger partial charge in [0.2, 0.25) is 0 Å². The topological polar surface area (TPSA) is 37.4 Å². The van der Waals surface area contributed by atoms with Gasteiger partial charge in [-0.05, 0) is 24.3 Å². The van der Waals surface area contributed by atoms with E-state index in [2.05, 4.69) is 0 Å². The Hall–Kier alpha value is -1.56. The highest BCUT2D eigenvalue weighted by atomic mass is 35.5. The number of halogens is 3. The van der Waals surface area contributed by atoms with Gasteiger partial charge in [-0.25, -0.2) is 4.90 Å². The molecule has 2 aromatic carbocycles. The van der Waals surface area contributed by atoms with Crippen LogP contribution in [0.2, 0.25) is 0 Å². The molecule has 0 aliphatic heterocycles. The number of amides is 2. The van der Waals surface area contributed by atoms with E-state index in [1.54, 1.807) is 60.7 Å². The minimum Gasteiger partial charge on any atom is -0.268 e. The van der Waals surface area contributed by atoms with Gasteiger partial charge in [-0.1, -0.05) is 59.6 Å². The highest BCUT2D eigenvalue weighted by Crippen LogP contribution is 2.38. The van der Waals surface area contributed by atoms with Gasteiger partial charge < -0.3 is 0 Å². The van der Waals surface area contributed by atoms with Crippen molar-refractivity contribution in [3.05, 3.63) is 66.2 Å². The van der Waals surface area contributed by atoms with Crippen molar-refractivity contribution in [1.29, 1.82) is 0 Å². The van der Waals surface area contributed by atoms with Crippen molar-refractivity contribution in [2.75, 3.05) is 4.90 Å². The zero-order valence-electron chi connectivity index (χ0n) is 11.1. The number of rotatable bonds is 3. The van der Waals surface area contributed by atoms with Crippen molar-refractivity contribution >= 4 is 51.8 Å². The normalized spacial score (nSPS) is 11.0. The molecule has 0 bridgehead atoms. The number of imide groups is 1. The summed E-state index contributed by atoms with van der Waals surface area (Å²) in [4.78, 5) is 25.6. The van der Waals surface area contributed by atoms with E-state index in [0.717, 1.165) is 4.90 Å². The van der Waals surface area contributed by atoms with Crippen molar-refractivity contribution in [3.63, 3.8) is 0 Å². The monoisotopic (exact) mass is 357 g/mol. The van der Waals surface area contributed by atoms with Crippen LogP contribution in [0.1, 0.15) is 10.4 Å². The summed E-state index contributed by atoms with van der Waals surface area (Å²) in [5, 5.41) is -0.910. The number of benzene rings is 2. The van der Waals surface area contributed by atoms with Gasteiger partial charge in [0.15, 0.2) is 0 Å². The summed E-state index contributed by atoms with van der Waals surface area (Å²) in [6.07, 6.45) is 0. The largest absolute Gasteiger partial charge is 0.313 e. The Morgan fingerprint density at radius 2 is 1.45 bits per heavy atom. The summed E-state index contributed by atoms with van der Waals surface area (Å²) < 4.78 is 10.5. The molecule has 0 aliphatic rings. The van der Waals surface area contributed by atoms with Gasteiger partial charge >= 0.3 is 3.92 Å². The molecule has 3 nitrogen and oxygen atoms in total. The second kappa shape index (κ2) is 7.13. The predicted octanol–water partition coefficient (Wildman–Crippen LogP) is 5.25. The Bertz CT molecular complexity index is 662. The molecule has 0 aliphatic carbocycles. The Morgan fingerprint density at radius 3 is 1.95 bits per heavy atom. The summed E-state index contributed by atoms with van der Waals surface area (Å²) in [7, 11) is 0. The van der Waals surface area contributed by atoms with E-state index in [9.17, 15) is 14.0 Å². The molecule has 0 atom stereocenters. The number of nitrogens with zero attached hydrogens (tertiary/aromatic N) is 1. The average molecular weight is 358 g/mol. The molecule has 0 unspecified atom stereocenters. The molecule has 0 fully saturated rings. The van der Waals surface area contributed by atoms with Crippen LogP contribution in [0.25, 0.3) is 0 Å². The van der Waals surface area contributed by atoms with Crippen LogP contribution in [0.15, 0.2) is 60.7 Å². The molecule has 0 saturated carbocycles. The molecule has 114 valence electrons. The summed E-state index contributed by atoms with van der Waals surface area (Å²) >= 11 is 10.4. The summed E-state index contributed by atoms with van der Waals surface area (Å²) in [6.45, 7) is 0. The number of thioether (sulfide) groups is 1. The Labute approximate surface area is 141 Å². The number of carbonyl (C=O) groups is 2. The second-order valence-corrected chi connectivity index (χ2v) is 6.96. The fourth-order valence-corrected chi connectivity index (χ4v) is 2.61. The Morgan fingerprint density at radius 1 is 0.955 bits per heavy atom. The fourth-order valence-electron chi connectivity index (χ4n) is 1.74. The van der Waals surface area contributed by atoms with Crippen molar-refractivity contribution in [2.45, 2.75) is 3.92 Å². The number of hydrogen-bond donors (Lipinski definition) is 0. The number of alkyl halides is 3. The molecule has 0 aromatic heterocycles. The van der Waals surface area contributed by atoms with Gasteiger partial charge in [0.05, 0.1) is 5.69 Å². The van der Waals surface area contributed by atoms with Crippen molar-refractivity contribution in [3.8, 4) is 0 Å². The van der Waals surface area contributed by atoms with Gasteiger partial charge in [0, 0.05) is 17.3 Å². The SMILES string of the molecule is O=C(SC(F)(Cl)Cl)N(C(=O)c1ccccc1)c1ccccc1. The molecule has 2 aromatic rings. The molecule has 0 heterocycles. The third-order valence-electron chi connectivity index (χ3n) is 2.62. The fraction of sp³-hybridized carbons (Fsp3) is 0.0667. The van der Waals surface area contributed by atoms with E-state index in [1.165, 1.54) is 0 Å². The lowest BCUT2D eigenvalue weighted by molar-refractivity contribution is 0.0997. The molecule has 2 amide bonds. The van der Waals surface area contributed by atoms with Crippen molar-refractivity contribution < 1.29 is 14.0 Å². The van der Waals surface area contributed by atoms with Crippen molar-refractivity contribution in [2.24, 2.45) is 0 Å². The maximum atomic E-state index is 13.3. The van der Waals surface area contributed by atoms with Crippen LogP contribution in [0.3, 0.4) is 0 Å². The van der Waals surface area contributed by atoms with Crippen LogP contribution in [0.5, 0.6) is 0 Å².